The number of aryl methyl sites for hydroxylation is 1. The van der Waals surface area contributed by atoms with Gasteiger partial charge in [-0.2, -0.15) is 0 Å². The molecule has 0 saturated carbocycles. The zero-order chi connectivity index (χ0) is 20.1. The predicted molar refractivity (Wildman–Crippen MR) is 109 cm³/mol. The molecule has 0 aliphatic heterocycles. The first-order chi connectivity index (χ1) is 13.5. The molecule has 3 aromatic rings. The fourth-order valence-electron chi connectivity index (χ4n) is 3.25. The van der Waals surface area contributed by atoms with Gasteiger partial charge >= 0.3 is 5.97 Å². The Morgan fingerprint density at radius 2 is 1.89 bits per heavy atom. The average Bonchev–Trinajstić information content (AvgIpc) is 3.02. The minimum absolute atomic E-state index is 0.0752. The molecule has 28 heavy (non-hydrogen) atoms. The summed E-state index contributed by atoms with van der Waals surface area (Å²) in [6.07, 6.45) is 4.78. The summed E-state index contributed by atoms with van der Waals surface area (Å²) in [5, 5.41) is 9.91. The highest BCUT2D eigenvalue weighted by molar-refractivity contribution is 6.04. The van der Waals surface area contributed by atoms with Gasteiger partial charge in [0.05, 0.1) is 18.5 Å². The first kappa shape index (κ1) is 19.4. The van der Waals surface area contributed by atoms with Gasteiger partial charge < -0.3 is 9.84 Å². The van der Waals surface area contributed by atoms with Crippen molar-refractivity contribution in [2.45, 2.75) is 26.7 Å². The van der Waals surface area contributed by atoms with E-state index in [1.165, 1.54) is 0 Å². The monoisotopic (exact) mass is 377 g/mol. The number of fused-ring (bicyclic) bond motifs is 1. The molecule has 0 unspecified atom stereocenters. The van der Waals surface area contributed by atoms with Gasteiger partial charge in [-0.05, 0) is 62.2 Å². The highest BCUT2D eigenvalue weighted by Crippen LogP contribution is 2.25. The van der Waals surface area contributed by atoms with E-state index in [9.17, 15) is 9.59 Å². The van der Waals surface area contributed by atoms with Crippen LogP contribution in [0.15, 0.2) is 60.7 Å². The Kier molecular flexibility index (Phi) is 5.94. The normalized spacial score (nSPS) is 11.2. The Hall–Kier alpha value is -3.34. The van der Waals surface area contributed by atoms with E-state index in [0.717, 1.165) is 23.3 Å². The van der Waals surface area contributed by atoms with Crippen LogP contribution in [0.3, 0.4) is 0 Å². The van der Waals surface area contributed by atoms with Crippen molar-refractivity contribution in [3.63, 3.8) is 0 Å². The molecule has 0 aliphatic rings. The number of aliphatic carboxylic acids is 1. The van der Waals surface area contributed by atoms with Crippen LogP contribution in [0, 0.1) is 6.92 Å². The van der Waals surface area contributed by atoms with E-state index in [0.29, 0.717) is 23.3 Å². The second kappa shape index (κ2) is 8.57. The van der Waals surface area contributed by atoms with Crippen molar-refractivity contribution in [1.29, 1.82) is 0 Å². The molecule has 1 heterocycles. The van der Waals surface area contributed by atoms with Crippen LogP contribution in [0.2, 0.25) is 0 Å². The van der Waals surface area contributed by atoms with E-state index >= 15 is 0 Å². The summed E-state index contributed by atoms with van der Waals surface area (Å²) in [4.78, 5) is 24.2. The highest BCUT2D eigenvalue weighted by atomic mass is 16.5. The predicted octanol–water partition coefficient (Wildman–Crippen LogP) is 4.61. The Morgan fingerprint density at radius 3 is 2.57 bits per heavy atom. The number of rotatable bonds is 7. The fraction of sp³-hybridized carbons (Fsp3) is 0.217. The maximum Gasteiger partial charge on any atom is 0.307 e. The zero-order valence-electron chi connectivity index (χ0n) is 16.0. The van der Waals surface area contributed by atoms with Crippen molar-refractivity contribution < 1.29 is 19.4 Å². The molecular weight excluding hydrogens is 354 g/mol. The number of carboxylic acid groups (broad SMARTS) is 1. The van der Waals surface area contributed by atoms with Crippen LogP contribution in [0.1, 0.15) is 35.0 Å². The van der Waals surface area contributed by atoms with Crippen molar-refractivity contribution in [3.05, 3.63) is 77.5 Å². The van der Waals surface area contributed by atoms with Gasteiger partial charge in [0.1, 0.15) is 5.75 Å². The van der Waals surface area contributed by atoms with Gasteiger partial charge in [-0.3, -0.25) is 14.2 Å². The van der Waals surface area contributed by atoms with Crippen LogP contribution in [-0.2, 0) is 11.2 Å². The topological polar surface area (TPSA) is 68.5 Å². The van der Waals surface area contributed by atoms with Crippen LogP contribution in [0.25, 0.3) is 10.9 Å². The molecule has 0 radical (unpaired) electrons. The summed E-state index contributed by atoms with van der Waals surface area (Å²) in [5.41, 5.74) is 2.73. The number of hydrogen-bond acceptors (Lipinski definition) is 3. The molecule has 5 heteroatoms. The minimum atomic E-state index is -0.894. The number of nitrogens with zero attached hydrogens (tertiary/aromatic N) is 1. The quantitative estimate of drug-likeness (QED) is 0.482. The summed E-state index contributed by atoms with van der Waals surface area (Å²) >= 11 is 0. The molecule has 0 fully saturated rings. The van der Waals surface area contributed by atoms with Gasteiger partial charge in [-0.1, -0.05) is 24.3 Å². The smallest absolute Gasteiger partial charge is 0.307 e. The lowest BCUT2D eigenvalue weighted by Gasteiger charge is -2.09. The Balaban J connectivity index is 1.87. The maximum absolute atomic E-state index is 13.1. The molecule has 2 aromatic carbocycles. The van der Waals surface area contributed by atoms with Crippen molar-refractivity contribution in [3.8, 4) is 5.75 Å². The lowest BCUT2D eigenvalue weighted by atomic mass is 10.1. The molecule has 0 atom stereocenters. The standard InChI is InChI=1S/C23H23NO4/c1-3-4-5-13-28-19-11-9-17(10-12-19)23(27)24-16(2)14-20-18(15-22(25)26)7-6-8-21(20)24/h3-4,6-12,14H,5,13,15H2,1-2H3,(H,25,26)/b4-3+. The van der Waals surface area contributed by atoms with Crippen LogP contribution in [0.4, 0.5) is 0 Å². The average molecular weight is 377 g/mol. The third-order valence-corrected chi connectivity index (χ3v) is 4.56. The second-order valence-electron chi connectivity index (χ2n) is 6.58. The first-order valence-electron chi connectivity index (χ1n) is 9.21. The molecule has 0 saturated heterocycles. The van der Waals surface area contributed by atoms with E-state index in [2.05, 4.69) is 0 Å². The Bertz CT molecular complexity index is 1030. The molecule has 0 amide bonds. The second-order valence-corrected chi connectivity index (χ2v) is 6.58. The fourth-order valence-corrected chi connectivity index (χ4v) is 3.25. The van der Waals surface area contributed by atoms with Gasteiger partial charge in [0.15, 0.2) is 0 Å². The zero-order valence-corrected chi connectivity index (χ0v) is 16.0. The van der Waals surface area contributed by atoms with Crippen molar-refractivity contribution in [2.75, 3.05) is 6.61 Å². The van der Waals surface area contributed by atoms with Gasteiger partial charge in [0.2, 0.25) is 0 Å². The summed E-state index contributed by atoms with van der Waals surface area (Å²) in [5.74, 6) is -0.325. The first-order valence-corrected chi connectivity index (χ1v) is 9.21. The van der Waals surface area contributed by atoms with E-state index in [1.54, 1.807) is 41.0 Å². The Morgan fingerprint density at radius 1 is 1.14 bits per heavy atom. The van der Waals surface area contributed by atoms with E-state index in [4.69, 9.17) is 9.84 Å². The summed E-state index contributed by atoms with van der Waals surface area (Å²) in [6, 6.07) is 14.4. The molecule has 0 aliphatic carbocycles. The molecule has 0 bridgehead atoms. The largest absolute Gasteiger partial charge is 0.493 e. The SMILES string of the molecule is C/C=C/CCOc1ccc(C(=O)n2c(C)cc3c(CC(=O)O)cccc32)cc1. The summed E-state index contributed by atoms with van der Waals surface area (Å²) in [7, 11) is 0. The number of aromatic nitrogens is 1. The Labute approximate surface area is 163 Å². The number of carboxylic acids is 1. The number of allylic oxidation sites excluding steroid dienone is 1. The number of benzene rings is 2. The molecule has 144 valence electrons. The molecule has 3 rings (SSSR count). The molecule has 0 spiro atoms. The van der Waals surface area contributed by atoms with Crippen molar-refractivity contribution >= 4 is 22.8 Å². The van der Waals surface area contributed by atoms with Gasteiger partial charge in [0, 0.05) is 16.6 Å². The van der Waals surface area contributed by atoms with Gasteiger partial charge in [-0.25, -0.2) is 0 Å². The van der Waals surface area contributed by atoms with E-state index < -0.39 is 5.97 Å². The maximum atomic E-state index is 13.1. The highest BCUT2D eigenvalue weighted by Gasteiger charge is 2.17. The number of carbonyl (C=O) groups is 2. The van der Waals surface area contributed by atoms with Crippen LogP contribution < -0.4 is 4.74 Å². The third kappa shape index (κ3) is 4.14. The van der Waals surface area contributed by atoms with Gasteiger partial charge in [-0.15, -0.1) is 0 Å². The molecule has 1 N–H and O–H groups in total. The van der Waals surface area contributed by atoms with Crippen LogP contribution in [0.5, 0.6) is 5.75 Å². The number of carbonyl (C=O) groups excluding carboxylic acids is 1. The van der Waals surface area contributed by atoms with Crippen molar-refractivity contribution in [1.82, 2.24) is 4.57 Å². The molecule has 1 aromatic heterocycles. The summed E-state index contributed by atoms with van der Waals surface area (Å²) in [6.45, 7) is 4.41. The van der Waals surface area contributed by atoms with E-state index in [-0.39, 0.29) is 12.3 Å². The third-order valence-electron chi connectivity index (χ3n) is 4.56. The van der Waals surface area contributed by atoms with Gasteiger partial charge in [0.25, 0.3) is 5.91 Å². The number of hydrogen-bond donors (Lipinski definition) is 1. The molecule has 5 nitrogen and oxygen atoms in total. The molecular formula is C23H23NO4. The summed E-state index contributed by atoms with van der Waals surface area (Å²) < 4.78 is 7.28. The lowest BCUT2D eigenvalue weighted by Crippen LogP contribution is -2.13. The van der Waals surface area contributed by atoms with Crippen LogP contribution in [-0.4, -0.2) is 28.2 Å². The van der Waals surface area contributed by atoms with Crippen molar-refractivity contribution in [2.24, 2.45) is 0 Å². The minimum Gasteiger partial charge on any atom is -0.493 e. The van der Waals surface area contributed by atoms with E-state index in [1.807, 2.05) is 38.1 Å². The van der Waals surface area contributed by atoms with Crippen LogP contribution >= 0.6 is 0 Å². The number of ether oxygens (including phenoxy) is 1. The lowest BCUT2D eigenvalue weighted by molar-refractivity contribution is -0.136.